The Bertz CT molecular complexity index is 749. The summed E-state index contributed by atoms with van der Waals surface area (Å²) in [6, 6.07) is 3.79. The topological polar surface area (TPSA) is 60.9 Å². The molecule has 8 heteroatoms. The van der Waals surface area contributed by atoms with Crippen molar-refractivity contribution in [2.24, 2.45) is 0 Å². The van der Waals surface area contributed by atoms with Crippen molar-refractivity contribution in [3.05, 3.63) is 33.8 Å². The first-order valence-corrected chi connectivity index (χ1v) is 9.07. The summed E-state index contributed by atoms with van der Waals surface area (Å²) >= 11 is 12.0. The zero-order valence-electron chi connectivity index (χ0n) is 13.5. The highest BCUT2D eigenvalue weighted by Gasteiger charge is 2.49. The molecule has 0 unspecified atom stereocenters. The molecule has 1 aromatic carbocycles. The molecule has 1 aromatic rings. The number of amides is 3. The van der Waals surface area contributed by atoms with Crippen molar-refractivity contribution >= 4 is 40.9 Å². The third kappa shape index (κ3) is 2.77. The fraction of sp³-hybridized carbons (Fsp3) is 0.471. The minimum absolute atomic E-state index is 0.0139. The van der Waals surface area contributed by atoms with Crippen LogP contribution in [0.25, 0.3) is 0 Å². The Balaban J connectivity index is 1.56. The monoisotopic (exact) mass is 381 g/mol. The van der Waals surface area contributed by atoms with Crippen molar-refractivity contribution in [3.63, 3.8) is 0 Å². The smallest absolute Gasteiger partial charge is 0.254 e. The van der Waals surface area contributed by atoms with Crippen LogP contribution in [-0.4, -0.2) is 70.7 Å². The molecule has 2 atom stereocenters. The second-order valence-electron chi connectivity index (χ2n) is 6.65. The minimum atomic E-state index is -0.589. The van der Waals surface area contributed by atoms with Gasteiger partial charge in [0.1, 0.15) is 12.1 Å². The van der Waals surface area contributed by atoms with Crippen molar-refractivity contribution in [2.75, 3.05) is 26.2 Å². The van der Waals surface area contributed by atoms with E-state index in [0.717, 1.165) is 12.8 Å². The molecule has 3 saturated heterocycles. The lowest BCUT2D eigenvalue weighted by molar-refractivity contribution is -0.162. The summed E-state index contributed by atoms with van der Waals surface area (Å²) < 4.78 is 0. The number of rotatable bonds is 1. The lowest BCUT2D eigenvalue weighted by atomic mass is 10.0. The van der Waals surface area contributed by atoms with Crippen LogP contribution < -0.4 is 0 Å². The van der Waals surface area contributed by atoms with Crippen LogP contribution in [0.1, 0.15) is 23.2 Å². The highest BCUT2D eigenvalue weighted by Crippen LogP contribution is 2.29. The number of fused-ring (bicyclic) bond motifs is 2. The molecule has 0 saturated carbocycles. The van der Waals surface area contributed by atoms with Crippen molar-refractivity contribution in [3.8, 4) is 0 Å². The molecule has 4 rings (SSSR count). The molecule has 3 fully saturated rings. The number of piperazine rings is 2. The van der Waals surface area contributed by atoms with Crippen LogP contribution in [0.4, 0.5) is 0 Å². The van der Waals surface area contributed by atoms with E-state index in [1.54, 1.807) is 32.9 Å². The Labute approximate surface area is 155 Å². The maximum Gasteiger partial charge on any atom is 0.254 e. The summed E-state index contributed by atoms with van der Waals surface area (Å²) in [5.41, 5.74) is 0.389. The van der Waals surface area contributed by atoms with Crippen LogP contribution in [0.3, 0.4) is 0 Å². The second kappa shape index (κ2) is 6.18. The van der Waals surface area contributed by atoms with Gasteiger partial charge in [-0.3, -0.25) is 14.4 Å². The molecule has 0 spiro atoms. The van der Waals surface area contributed by atoms with E-state index in [4.69, 9.17) is 23.2 Å². The van der Waals surface area contributed by atoms with Crippen molar-refractivity contribution in [1.82, 2.24) is 14.7 Å². The van der Waals surface area contributed by atoms with Crippen LogP contribution >= 0.6 is 23.2 Å². The van der Waals surface area contributed by atoms with Crippen LogP contribution in [0.2, 0.25) is 10.0 Å². The number of carbonyl (C=O) groups excluding carboxylic acids is 3. The molecule has 3 amide bonds. The first kappa shape index (κ1) is 16.7. The third-order valence-electron chi connectivity index (χ3n) is 5.17. The molecule has 6 nitrogen and oxygen atoms in total. The number of nitrogens with zero attached hydrogens (tertiary/aromatic N) is 3. The van der Waals surface area contributed by atoms with E-state index in [2.05, 4.69) is 0 Å². The SMILES string of the molecule is O=C(c1cc(Cl)cc(Cl)c1)N1CCN2C(=O)[C@@H]3CCCN3C(=O)[C@H]2C1. The number of benzene rings is 1. The number of hydrogen-bond acceptors (Lipinski definition) is 3. The number of carbonyl (C=O) groups is 3. The Morgan fingerprint density at radius 1 is 0.920 bits per heavy atom. The van der Waals surface area contributed by atoms with Crippen molar-refractivity contribution in [1.29, 1.82) is 0 Å². The van der Waals surface area contributed by atoms with Gasteiger partial charge in [-0.25, -0.2) is 0 Å². The summed E-state index contributed by atoms with van der Waals surface area (Å²) in [5.74, 6) is -0.267. The van der Waals surface area contributed by atoms with E-state index in [9.17, 15) is 14.4 Å². The average molecular weight is 382 g/mol. The lowest BCUT2D eigenvalue weighted by Crippen LogP contribution is -2.69. The van der Waals surface area contributed by atoms with Gasteiger partial charge in [-0.15, -0.1) is 0 Å². The van der Waals surface area contributed by atoms with E-state index in [1.165, 1.54) is 0 Å². The molecule has 3 aliphatic heterocycles. The Morgan fingerprint density at radius 2 is 1.56 bits per heavy atom. The van der Waals surface area contributed by atoms with Crippen molar-refractivity contribution < 1.29 is 14.4 Å². The summed E-state index contributed by atoms with van der Waals surface area (Å²) in [7, 11) is 0. The first-order chi connectivity index (χ1) is 12.0. The summed E-state index contributed by atoms with van der Waals surface area (Å²) in [6.45, 7) is 1.60. The van der Waals surface area contributed by atoms with Crippen LogP contribution in [-0.2, 0) is 9.59 Å². The maximum absolute atomic E-state index is 12.8. The van der Waals surface area contributed by atoms with Gasteiger partial charge in [-0.2, -0.15) is 0 Å². The molecular formula is C17H17Cl2N3O3. The fourth-order valence-electron chi connectivity index (χ4n) is 3.97. The number of halogens is 2. The Morgan fingerprint density at radius 3 is 2.28 bits per heavy atom. The van der Waals surface area contributed by atoms with Crippen molar-refractivity contribution in [2.45, 2.75) is 24.9 Å². The fourth-order valence-corrected chi connectivity index (χ4v) is 4.50. The average Bonchev–Trinajstić information content (AvgIpc) is 3.08. The van der Waals surface area contributed by atoms with Gasteiger partial charge < -0.3 is 14.7 Å². The predicted octanol–water partition coefficient (Wildman–Crippen LogP) is 1.65. The van der Waals surface area contributed by atoms with Crippen LogP contribution in [0.5, 0.6) is 0 Å². The molecule has 0 aliphatic carbocycles. The molecule has 3 aliphatic rings. The molecular weight excluding hydrogens is 365 g/mol. The van der Waals surface area contributed by atoms with E-state index < -0.39 is 6.04 Å². The van der Waals surface area contributed by atoms with E-state index in [1.807, 2.05) is 0 Å². The Kier molecular flexibility index (Phi) is 4.12. The Hall–Kier alpha value is -1.79. The molecule has 0 aromatic heterocycles. The van der Waals surface area contributed by atoms with Gasteiger partial charge in [0.15, 0.2) is 0 Å². The van der Waals surface area contributed by atoms with E-state index >= 15 is 0 Å². The summed E-state index contributed by atoms with van der Waals surface area (Å²) in [4.78, 5) is 43.1. The molecule has 0 radical (unpaired) electrons. The van der Waals surface area contributed by atoms with E-state index in [0.29, 0.717) is 35.2 Å². The standard InChI is InChI=1S/C17H17Cl2N3O3/c18-11-6-10(7-12(19)8-11)15(23)20-4-5-22-14(9-20)17(25)21-3-1-2-13(21)16(22)24/h6-8,13-14H,1-5,9H2/t13-,14+/m0/s1. The second-order valence-corrected chi connectivity index (χ2v) is 7.52. The summed E-state index contributed by atoms with van der Waals surface area (Å²) in [5, 5.41) is 0.775. The highest BCUT2D eigenvalue weighted by atomic mass is 35.5. The number of hydrogen-bond donors (Lipinski definition) is 0. The zero-order chi connectivity index (χ0) is 17.7. The maximum atomic E-state index is 12.8. The van der Waals surface area contributed by atoms with Gasteiger partial charge in [0.25, 0.3) is 5.91 Å². The molecule has 25 heavy (non-hydrogen) atoms. The normalized spacial score (nSPS) is 25.9. The minimum Gasteiger partial charge on any atom is -0.334 e. The molecule has 3 heterocycles. The third-order valence-corrected chi connectivity index (χ3v) is 5.60. The quantitative estimate of drug-likeness (QED) is 0.742. The van der Waals surface area contributed by atoms with Gasteiger partial charge in [0.05, 0.1) is 6.54 Å². The molecule has 0 bridgehead atoms. The van der Waals surface area contributed by atoms with Gasteiger partial charge in [0.2, 0.25) is 11.8 Å². The highest BCUT2D eigenvalue weighted by molar-refractivity contribution is 6.35. The summed E-state index contributed by atoms with van der Waals surface area (Å²) in [6.07, 6.45) is 1.59. The van der Waals surface area contributed by atoms with Gasteiger partial charge in [0, 0.05) is 35.2 Å². The largest absolute Gasteiger partial charge is 0.334 e. The van der Waals surface area contributed by atoms with E-state index in [-0.39, 0.29) is 30.3 Å². The first-order valence-electron chi connectivity index (χ1n) is 8.32. The molecule has 132 valence electrons. The van der Waals surface area contributed by atoms with Gasteiger partial charge >= 0.3 is 0 Å². The van der Waals surface area contributed by atoms with Crippen LogP contribution in [0, 0.1) is 0 Å². The van der Waals surface area contributed by atoms with Gasteiger partial charge in [-0.1, -0.05) is 23.2 Å². The van der Waals surface area contributed by atoms with Gasteiger partial charge in [-0.05, 0) is 31.0 Å². The van der Waals surface area contributed by atoms with Crippen LogP contribution in [0.15, 0.2) is 18.2 Å². The lowest BCUT2D eigenvalue weighted by Gasteiger charge is -2.47. The molecule has 0 N–H and O–H groups in total. The predicted molar refractivity (Wildman–Crippen MR) is 92.6 cm³/mol. The zero-order valence-corrected chi connectivity index (χ0v) is 15.0.